The Morgan fingerprint density at radius 3 is 3.08 bits per heavy atom. The highest BCUT2D eigenvalue weighted by atomic mass is 16.3. The average Bonchev–Trinajstić information content (AvgIpc) is 3.23. The molecule has 2 N–H and O–H groups in total. The lowest BCUT2D eigenvalue weighted by Crippen LogP contribution is -2.40. The van der Waals surface area contributed by atoms with Crippen LogP contribution in [-0.2, 0) is 11.2 Å². The molecule has 0 fully saturated rings. The van der Waals surface area contributed by atoms with Gasteiger partial charge in [0, 0.05) is 19.5 Å². The number of aryl methyl sites for hydroxylation is 1. The molecule has 1 atom stereocenters. The van der Waals surface area contributed by atoms with Gasteiger partial charge in [-0.25, -0.2) is 15.0 Å². The number of aromatic nitrogens is 4. The molecule has 0 aliphatic rings. The molecule has 0 aliphatic heterocycles. The number of fused-ring (bicyclic) bond motifs is 1. The highest BCUT2D eigenvalue weighted by Gasteiger charge is 2.15. The number of anilines is 1. The van der Waals surface area contributed by atoms with E-state index in [-0.39, 0.29) is 18.5 Å². The van der Waals surface area contributed by atoms with Gasteiger partial charge in [0.2, 0.25) is 5.91 Å². The lowest BCUT2D eigenvalue weighted by Gasteiger charge is -2.20. The quantitative estimate of drug-likeness (QED) is 0.682. The molecule has 8 heteroatoms. The molecule has 3 rings (SSSR count). The van der Waals surface area contributed by atoms with Gasteiger partial charge in [0.25, 0.3) is 0 Å². The number of hydrogen-bond acceptors (Lipinski definition) is 6. The minimum absolute atomic E-state index is 0.0595. The van der Waals surface area contributed by atoms with E-state index in [0.29, 0.717) is 11.5 Å². The number of rotatable bonds is 7. The fourth-order valence-electron chi connectivity index (χ4n) is 2.54. The van der Waals surface area contributed by atoms with Gasteiger partial charge in [-0.05, 0) is 25.5 Å². The highest BCUT2D eigenvalue weighted by molar-refractivity contribution is 5.87. The fraction of sp³-hybridized carbons (Fsp3) is 0.375. The maximum atomic E-state index is 12.2. The molecule has 0 aliphatic carbocycles. The number of carbonyl (C=O) groups excluding carboxylic acids is 1. The summed E-state index contributed by atoms with van der Waals surface area (Å²) in [4.78, 5) is 29.4. The second-order valence-electron chi connectivity index (χ2n) is 5.74. The zero-order valence-electron chi connectivity index (χ0n) is 13.7. The van der Waals surface area contributed by atoms with Crippen molar-refractivity contribution in [2.45, 2.75) is 25.8 Å². The molecule has 1 amide bonds. The van der Waals surface area contributed by atoms with E-state index < -0.39 is 0 Å². The summed E-state index contributed by atoms with van der Waals surface area (Å²) in [5.74, 6) is 1.52. The molecule has 8 nitrogen and oxygen atoms in total. The van der Waals surface area contributed by atoms with E-state index in [0.717, 1.165) is 24.1 Å². The third kappa shape index (κ3) is 3.70. The van der Waals surface area contributed by atoms with Crippen LogP contribution >= 0.6 is 0 Å². The molecule has 0 saturated heterocycles. The Kier molecular flexibility index (Phi) is 4.74. The van der Waals surface area contributed by atoms with Crippen LogP contribution in [-0.4, -0.2) is 45.5 Å². The van der Waals surface area contributed by atoms with Crippen LogP contribution < -0.4 is 10.2 Å². The minimum Gasteiger partial charge on any atom is -0.469 e. The predicted octanol–water partition coefficient (Wildman–Crippen LogP) is 1.52. The van der Waals surface area contributed by atoms with E-state index in [1.165, 1.54) is 6.33 Å². The lowest BCUT2D eigenvalue weighted by molar-refractivity contribution is -0.120. The Morgan fingerprint density at radius 1 is 1.42 bits per heavy atom. The molecule has 126 valence electrons. The van der Waals surface area contributed by atoms with Gasteiger partial charge in [0.15, 0.2) is 11.5 Å². The summed E-state index contributed by atoms with van der Waals surface area (Å²) in [6.45, 7) is 2.19. The van der Waals surface area contributed by atoms with Crippen molar-refractivity contribution >= 4 is 22.9 Å². The standard InChI is InChI=1S/C16H20N6O2/c1-11(5-6-12-4-3-7-24-12)21-13(23)8-22(2)16-14-15(18-9-17-14)19-10-20-16/h3-4,7,9-11H,5-6,8H2,1-2H3,(H,21,23)(H,17,18,19,20)/t11-/m1/s1. The van der Waals surface area contributed by atoms with E-state index in [4.69, 9.17) is 4.42 Å². The van der Waals surface area contributed by atoms with Gasteiger partial charge in [-0.3, -0.25) is 4.79 Å². The van der Waals surface area contributed by atoms with E-state index in [1.54, 1.807) is 17.5 Å². The van der Waals surface area contributed by atoms with Crippen molar-refractivity contribution in [2.75, 3.05) is 18.5 Å². The first kappa shape index (κ1) is 16.0. The molecule has 0 bridgehead atoms. The van der Waals surface area contributed by atoms with Crippen molar-refractivity contribution in [3.63, 3.8) is 0 Å². The number of H-pyrrole nitrogens is 1. The zero-order valence-corrected chi connectivity index (χ0v) is 13.7. The largest absolute Gasteiger partial charge is 0.469 e. The summed E-state index contributed by atoms with van der Waals surface area (Å²) < 4.78 is 5.30. The minimum atomic E-state index is -0.0595. The SMILES string of the molecule is C[C@H](CCc1ccco1)NC(=O)CN(C)c1ncnc2nc[nH]c12. The number of likely N-dealkylation sites (N-methyl/N-ethyl adjacent to an activating group) is 1. The molecule has 0 spiro atoms. The van der Waals surface area contributed by atoms with Gasteiger partial charge < -0.3 is 19.6 Å². The number of amides is 1. The number of carbonyl (C=O) groups is 1. The Labute approximate surface area is 139 Å². The summed E-state index contributed by atoms with van der Waals surface area (Å²) in [6, 6.07) is 3.87. The Bertz CT molecular complexity index is 798. The van der Waals surface area contributed by atoms with Crippen LogP contribution in [0.3, 0.4) is 0 Å². The van der Waals surface area contributed by atoms with Crippen LogP contribution in [0.25, 0.3) is 11.2 Å². The molecule has 3 aromatic rings. The van der Waals surface area contributed by atoms with Crippen LogP contribution in [0.5, 0.6) is 0 Å². The summed E-state index contributed by atoms with van der Waals surface area (Å²) in [5, 5.41) is 2.99. The van der Waals surface area contributed by atoms with Gasteiger partial charge in [-0.2, -0.15) is 0 Å². The summed E-state index contributed by atoms with van der Waals surface area (Å²) in [7, 11) is 1.82. The van der Waals surface area contributed by atoms with Crippen LogP contribution in [0.15, 0.2) is 35.5 Å². The van der Waals surface area contributed by atoms with E-state index in [1.807, 2.05) is 26.1 Å². The summed E-state index contributed by atoms with van der Waals surface area (Å²) in [6.07, 6.45) is 6.28. The molecule has 0 saturated carbocycles. The Morgan fingerprint density at radius 2 is 2.29 bits per heavy atom. The monoisotopic (exact) mass is 328 g/mol. The van der Waals surface area contributed by atoms with Gasteiger partial charge in [-0.15, -0.1) is 0 Å². The van der Waals surface area contributed by atoms with Crippen molar-refractivity contribution in [1.29, 1.82) is 0 Å². The van der Waals surface area contributed by atoms with Crippen molar-refractivity contribution in [2.24, 2.45) is 0 Å². The number of furan rings is 1. The maximum Gasteiger partial charge on any atom is 0.239 e. The van der Waals surface area contributed by atoms with Crippen LogP contribution in [0.4, 0.5) is 5.82 Å². The van der Waals surface area contributed by atoms with Gasteiger partial charge in [0.1, 0.15) is 17.6 Å². The number of aromatic amines is 1. The number of imidazole rings is 1. The van der Waals surface area contributed by atoms with Crippen molar-refractivity contribution in [3.05, 3.63) is 36.8 Å². The van der Waals surface area contributed by atoms with Crippen molar-refractivity contribution in [1.82, 2.24) is 25.3 Å². The number of nitrogens with one attached hydrogen (secondary N) is 2. The first-order valence-corrected chi connectivity index (χ1v) is 7.80. The number of hydrogen-bond donors (Lipinski definition) is 2. The second kappa shape index (κ2) is 7.12. The van der Waals surface area contributed by atoms with E-state index in [2.05, 4.69) is 25.3 Å². The van der Waals surface area contributed by atoms with E-state index in [9.17, 15) is 4.79 Å². The van der Waals surface area contributed by atoms with Crippen molar-refractivity contribution < 1.29 is 9.21 Å². The zero-order chi connectivity index (χ0) is 16.9. The van der Waals surface area contributed by atoms with Crippen LogP contribution in [0.2, 0.25) is 0 Å². The van der Waals surface area contributed by atoms with E-state index >= 15 is 0 Å². The first-order chi connectivity index (χ1) is 11.6. The molecule has 0 aromatic carbocycles. The molecular weight excluding hydrogens is 308 g/mol. The third-order valence-corrected chi connectivity index (χ3v) is 3.76. The smallest absolute Gasteiger partial charge is 0.239 e. The second-order valence-corrected chi connectivity index (χ2v) is 5.74. The molecular formula is C16H20N6O2. The lowest BCUT2D eigenvalue weighted by atomic mass is 10.1. The number of nitrogens with zero attached hydrogens (tertiary/aromatic N) is 4. The topological polar surface area (TPSA) is 99.9 Å². The average molecular weight is 328 g/mol. The van der Waals surface area contributed by atoms with Crippen molar-refractivity contribution in [3.8, 4) is 0 Å². The van der Waals surface area contributed by atoms with Gasteiger partial charge in [0.05, 0.1) is 19.1 Å². The maximum absolute atomic E-state index is 12.2. The molecule has 3 aromatic heterocycles. The molecule has 0 radical (unpaired) electrons. The van der Waals surface area contributed by atoms with Crippen LogP contribution in [0.1, 0.15) is 19.1 Å². The first-order valence-electron chi connectivity index (χ1n) is 7.80. The molecule has 3 heterocycles. The summed E-state index contributed by atoms with van der Waals surface area (Å²) in [5.41, 5.74) is 1.30. The normalized spacial score (nSPS) is 12.2. The Hall–Kier alpha value is -2.90. The van der Waals surface area contributed by atoms with Crippen LogP contribution in [0, 0.1) is 0 Å². The molecule has 0 unspecified atom stereocenters. The fourth-order valence-corrected chi connectivity index (χ4v) is 2.54. The van der Waals surface area contributed by atoms with Gasteiger partial charge in [-0.1, -0.05) is 0 Å². The third-order valence-electron chi connectivity index (χ3n) is 3.76. The highest BCUT2D eigenvalue weighted by Crippen LogP contribution is 2.17. The predicted molar refractivity (Wildman–Crippen MR) is 89.6 cm³/mol. The summed E-state index contributed by atoms with van der Waals surface area (Å²) >= 11 is 0. The van der Waals surface area contributed by atoms with Gasteiger partial charge >= 0.3 is 0 Å². The Balaban J connectivity index is 1.53. The molecule has 24 heavy (non-hydrogen) atoms.